The molecule has 1 atom stereocenters. The maximum Gasteiger partial charge on any atom is 0.183 e. The zero-order valence-electron chi connectivity index (χ0n) is 22.9. The molecule has 0 radical (unpaired) electrons. The van der Waals surface area contributed by atoms with Crippen LogP contribution in [0.3, 0.4) is 0 Å². The molecule has 0 bridgehead atoms. The van der Waals surface area contributed by atoms with E-state index in [1.807, 2.05) is 13.8 Å². The Morgan fingerprint density at radius 1 is 1.21 bits per heavy atom. The molecule has 0 spiro atoms. The second-order valence-electron chi connectivity index (χ2n) is 8.48. The molecule has 0 aliphatic carbocycles. The number of pyridine rings is 1. The van der Waals surface area contributed by atoms with Crippen molar-refractivity contribution in [2.75, 3.05) is 31.1 Å². The maximum absolute atomic E-state index is 15.1. The summed E-state index contributed by atoms with van der Waals surface area (Å²) in [5, 5.41) is 4.91. The van der Waals surface area contributed by atoms with Crippen LogP contribution in [0.2, 0.25) is 0 Å². The fourth-order valence-electron chi connectivity index (χ4n) is 4.14. The van der Waals surface area contributed by atoms with Crippen LogP contribution in [0.4, 0.5) is 14.5 Å². The Bertz CT molecular complexity index is 1030. The Hall–Kier alpha value is -3.31. The number of nitrogens with one attached hydrogen (secondary N) is 2. The molecule has 1 unspecified atom stereocenters. The van der Waals surface area contributed by atoms with Gasteiger partial charge in [0.05, 0.1) is 17.1 Å². The van der Waals surface area contributed by atoms with Crippen molar-refractivity contribution in [3.63, 3.8) is 0 Å². The lowest BCUT2D eigenvalue weighted by Crippen LogP contribution is -2.37. The topological polar surface area (TPSA) is 121 Å². The highest BCUT2D eigenvalue weighted by Gasteiger charge is 2.30. The third-order valence-corrected chi connectivity index (χ3v) is 5.85. The lowest BCUT2D eigenvalue weighted by molar-refractivity contribution is 0.245. The van der Waals surface area contributed by atoms with Crippen LogP contribution in [-0.2, 0) is 6.54 Å². The van der Waals surface area contributed by atoms with Gasteiger partial charge in [-0.05, 0) is 37.0 Å². The quantitative estimate of drug-likeness (QED) is 0.167. The molecule has 8 nitrogen and oxygen atoms in total. The summed E-state index contributed by atoms with van der Waals surface area (Å²) in [6.45, 7) is 19.1. The summed E-state index contributed by atoms with van der Waals surface area (Å²) in [5.74, 6) is 9.78. The van der Waals surface area contributed by atoms with Crippen LogP contribution in [0.15, 0.2) is 67.8 Å². The summed E-state index contributed by atoms with van der Waals surface area (Å²) in [6, 6.07) is 6.66. The first-order valence-electron chi connectivity index (χ1n) is 12.8. The highest BCUT2D eigenvalue weighted by Crippen LogP contribution is 2.36. The monoisotopic (exact) mass is 530 g/mol. The maximum atomic E-state index is 15.1. The average Bonchev–Trinajstić information content (AvgIpc) is 3.30. The van der Waals surface area contributed by atoms with E-state index in [9.17, 15) is 0 Å². The summed E-state index contributed by atoms with van der Waals surface area (Å²) < 4.78 is 30.2. The Balaban J connectivity index is 0.00000172. The van der Waals surface area contributed by atoms with Crippen molar-refractivity contribution in [2.45, 2.75) is 40.2 Å². The first kappa shape index (κ1) is 32.7. The van der Waals surface area contributed by atoms with Crippen LogP contribution in [-0.4, -0.2) is 36.2 Å². The number of hydrogen-bond donors (Lipinski definition) is 5. The number of halogens is 2. The molecule has 10 heteroatoms. The van der Waals surface area contributed by atoms with Crippen LogP contribution in [0.5, 0.6) is 0 Å². The fraction of sp³-hybridized carbons (Fsp3) is 0.393. The van der Waals surface area contributed by atoms with E-state index in [2.05, 4.69) is 42.4 Å². The minimum absolute atomic E-state index is 0.159. The molecule has 2 heterocycles. The number of allylic oxidation sites excluding steroid dienone is 1. The molecule has 1 aliphatic rings. The number of nitrogens with two attached hydrogens (primary N) is 3. The molecule has 2 aromatic rings. The third kappa shape index (κ3) is 8.91. The van der Waals surface area contributed by atoms with Crippen LogP contribution < -0.4 is 33.1 Å². The van der Waals surface area contributed by atoms with Gasteiger partial charge in [-0.1, -0.05) is 33.4 Å². The SMILES string of the molecule is C=C.C=C1CC(CN(N)CCC)CN1c1ccc(-c2ccc(CNC/C(=C/N)NN)nc2)c(F)c1F.CC. The molecule has 0 amide bonds. The standard InChI is InChI=1S/C24H34F2N8.C2H6.C2H4/c1-3-8-33(29)14-17-9-16(2)34(15-17)22-7-6-21(23(25)24(22)26)18-4-5-19(31-11-18)12-30-13-20(10-27)32-28;2*1-2/h4-7,10-11,17,30,32H,2-3,8-9,12-15,27-29H2,1H3;1-2H3;1-2H2/b20-10-;;. The van der Waals surface area contributed by atoms with Gasteiger partial charge in [0, 0.05) is 61.9 Å². The molecule has 3 rings (SSSR count). The van der Waals surface area contributed by atoms with Crippen LogP contribution in [0.1, 0.15) is 39.3 Å². The van der Waals surface area contributed by atoms with E-state index in [4.69, 9.17) is 17.4 Å². The summed E-state index contributed by atoms with van der Waals surface area (Å²) in [6.07, 6.45) is 4.56. The smallest absolute Gasteiger partial charge is 0.183 e. The van der Waals surface area contributed by atoms with Crippen molar-refractivity contribution in [3.05, 3.63) is 85.1 Å². The van der Waals surface area contributed by atoms with E-state index in [-0.39, 0.29) is 17.2 Å². The van der Waals surface area contributed by atoms with Crippen molar-refractivity contribution >= 4 is 5.69 Å². The van der Waals surface area contributed by atoms with Gasteiger partial charge in [-0.25, -0.2) is 13.8 Å². The minimum atomic E-state index is -0.903. The Morgan fingerprint density at radius 2 is 1.92 bits per heavy atom. The normalized spacial score (nSPS) is 15.1. The van der Waals surface area contributed by atoms with Crippen LogP contribution in [0.25, 0.3) is 11.1 Å². The number of hydrogen-bond acceptors (Lipinski definition) is 8. The lowest BCUT2D eigenvalue weighted by Gasteiger charge is -2.23. The first-order valence-corrected chi connectivity index (χ1v) is 12.8. The zero-order chi connectivity index (χ0) is 28.7. The van der Waals surface area contributed by atoms with Gasteiger partial charge in [0.25, 0.3) is 0 Å². The highest BCUT2D eigenvalue weighted by molar-refractivity contribution is 5.68. The molecule has 1 saturated heterocycles. The second-order valence-corrected chi connectivity index (χ2v) is 8.48. The predicted octanol–water partition coefficient (Wildman–Crippen LogP) is 4.13. The summed E-state index contributed by atoms with van der Waals surface area (Å²) in [5.41, 5.74) is 10.9. The molecular weight excluding hydrogens is 486 g/mol. The lowest BCUT2D eigenvalue weighted by atomic mass is 10.1. The van der Waals surface area contributed by atoms with Gasteiger partial charge in [-0.15, -0.1) is 13.2 Å². The van der Waals surface area contributed by atoms with Crippen molar-refractivity contribution < 1.29 is 8.78 Å². The first-order chi connectivity index (χ1) is 18.4. The molecule has 1 aromatic carbocycles. The van der Waals surface area contributed by atoms with E-state index in [1.54, 1.807) is 34.2 Å². The second kappa shape index (κ2) is 17.2. The fourth-order valence-corrected chi connectivity index (χ4v) is 4.14. The number of hydrazine groups is 2. The Labute approximate surface area is 226 Å². The molecule has 1 fully saturated rings. The highest BCUT2D eigenvalue weighted by atomic mass is 19.2. The van der Waals surface area contributed by atoms with Gasteiger partial charge in [0.1, 0.15) is 0 Å². The van der Waals surface area contributed by atoms with Gasteiger partial charge in [0.15, 0.2) is 11.6 Å². The molecule has 210 valence electrons. The average molecular weight is 531 g/mol. The minimum Gasteiger partial charge on any atom is -0.403 e. The van der Waals surface area contributed by atoms with Gasteiger partial charge in [0.2, 0.25) is 0 Å². The Kier molecular flexibility index (Phi) is 14.8. The van der Waals surface area contributed by atoms with E-state index < -0.39 is 11.6 Å². The van der Waals surface area contributed by atoms with Gasteiger partial charge >= 0.3 is 0 Å². The van der Waals surface area contributed by atoms with Crippen molar-refractivity contribution in [2.24, 2.45) is 23.3 Å². The Morgan fingerprint density at radius 3 is 2.50 bits per heavy atom. The van der Waals surface area contributed by atoms with Gasteiger partial charge in [-0.2, -0.15) is 0 Å². The molecule has 1 aliphatic heterocycles. The third-order valence-electron chi connectivity index (χ3n) is 5.85. The largest absolute Gasteiger partial charge is 0.403 e. The predicted molar refractivity (Wildman–Crippen MR) is 154 cm³/mol. The summed E-state index contributed by atoms with van der Waals surface area (Å²) in [4.78, 5) is 6.09. The number of benzene rings is 1. The van der Waals surface area contributed by atoms with Gasteiger partial charge in [-0.3, -0.25) is 16.7 Å². The number of anilines is 1. The van der Waals surface area contributed by atoms with E-state index in [1.165, 1.54) is 12.4 Å². The van der Waals surface area contributed by atoms with Crippen LogP contribution in [0, 0.1) is 17.6 Å². The zero-order valence-corrected chi connectivity index (χ0v) is 22.9. The summed E-state index contributed by atoms with van der Waals surface area (Å²) >= 11 is 0. The summed E-state index contributed by atoms with van der Waals surface area (Å²) in [7, 11) is 0. The van der Waals surface area contributed by atoms with Crippen molar-refractivity contribution in [3.8, 4) is 11.1 Å². The van der Waals surface area contributed by atoms with Gasteiger partial charge < -0.3 is 21.4 Å². The number of rotatable bonds is 11. The van der Waals surface area contributed by atoms with Crippen LogP contribution >= 0.6 is 0 Å². The molecular formula is C28H44F2N8. The van der Waals surface area contributed by atoms with Crippen molar-refractivity contribution in [1.82, 2.24) is 20.7 Å². The molecule has 38 heavy (non-hydrogen) atoms. The number of aromatic nitrogens is 1. The van der Waals surface area contributed by atoms with E-state index >= 15 is 8.78 Å². The van der Waals surface area contributed by atoms with Crippen molar-refractivity contribution in [1.29, 1.82) is 0 Å². The van der Waals surface area contributed by atoms with E-state index in [0.717, 1.165) is 24.4 Å². The number of nitrogens with zero attached hydrogens (tertiary/aromatic N) is 3. The molecule has 8 N–H and O–H groups in total. The molecule has 1 aromatic heterocycles. The van der Waals surface area contributed by atoms with E-state index in [0.29, 0.717) is 43.9 Å². The molecule has 0 saturated carbocycles.